The Labute approximate surface area is 169 Å². The summed E-state index contributed by atoms with van der Waals surface area (Å²) in [6, 6.07) is 14.4. The third-order valence-electron chi connectivity index (χ3n) is 4.47. The van der Waals surface area contributed by atoms with Crippen LogP contribution in [0.2, 0.25) is 0 Å². The van der Waals surface area contributed by atoms with Crippen molar-refractivity contribution in [3.63, 3.8) is 0 Å². The molecular formula is C20H11N4O4S-. The second-order valence-corrected chi connectivity index (χ2v) is 6.86. The molecule has 4 rings (SSSR count). The van der Waals surface area contributed by atoms with Crippen LogP contribution < -0.4 is 10.0 Å². The number of aromatic carboxylic acids is 1. The number of para-hydroxylation sites is 1. The molecule has 9 heteroatoms. The maximum absolute atomic E-state index is 13.1. The van der Waals surface area contributed by atoms with E-state index in [4.69, 9.17) is 0 Å². The molecule has 1 aliphatic rings. The van der Waals surface area contributed by atoms with Crippen molar-refractivity contribution in [2.45, 2.75) is 5.03 Å². The van der Waals surface area contributed by atoms with Gasteiger partial charge < -0.3 is 9.90 Å². The van der Waals surface area contributed by atoms with Gasteiger partial charge in [-0.05, 0) is 36.1 Å². The molecule has 0 unspecified atom stereocenters. The summed E-state index contributed by atoms with van der Waals surface area (Å²) < 4.78 is 1.37. The van der Waals surface area contributed by atoms with Crippen LogP contribution in [0.5, 0.6) is 0 Å². The van der Waals surface area contributed by atoms with Crippen LogP contribution in [0.25, 0.3) is 5.69 Å². The highest BCUT2D eigenvalue weighted by molar-refractivity contribution is 7.98. The van der Waals surface area contributed by atoms with Gasteiger partial charge in [0.05, 0.1) is 22.8 Å². The molecule has 0 N–H and O–H groups in total. The van der Waals surface area contributed by atoms with Crippen molar-refractivity contribution in [1.29, 1.82) is 5.26 Å². The third kappa shape index (κ3) is 2.78. The zero-order valence-electron chi connectivity index (χ0n) is 14.9. The van der Waals surface area contributed by atoms with Crippen LogP contribution in [-0.4, -0.2) is 33.8 Å². The first-order chi connectivity index (χ1) is 14.0. The van der Waals surface area contributed by atoms with Gasteiger partial charge in [-0.1, -0.05) is 24.3 Å². The maximum Gasteiger partial charge on any atom is 0.267 e. The molecule has 0 bridgehead atoms. The number of carboxylic acid groups (broad SMARTS) is 1. The molecule has 0 saturated carbocycles. The number of fused-ring (bicyclic) bond motifs is 1. The molecule has 0 radical (unpaired) electrons. The molecule has 142 valence electrons. The first-order valence-electron chi connectivity index (χ1n) is 8.34. The Balaban J connectivity index is 1.94. The molecular weight excluding hydrogens is 392 g/mol. The molecule has 29 heavy (non-hydrogen) atoms. The van der Waals surface area contributed by atoms with E-state index in [2.05, 4.69) is 5.10 Å². The molecule has 0 fully saturated rings. The van der Waals surface area contributed by atoms with E-state index in [1.807, 2.05) is 6.07 Å². The molecule has 2 aromatic carbocycles. The lowest BCUT2D eigenvalue weighted by Crippen LogP contribution is -2.32. The summed E-state index contributed by atoms with van der Waals surface area (Å²) in [5.74, 6) is -2.82. The van der Waals surface area contributed by atoms with Crippen molar-refractivity contribution in [3.05, 3.63) is 70.8 Å². The number of carbonyl (C=O) groups excluding carboxylic acids is 3. The number of rotatable bonds is 4. The van der Waals surface area contributed by atoms with Gasteiger partial charge in [-0.25, -0.2) is 9.58 Å². The monoisotopic (exact) mass is 403 g/mol. The van der Waals surface area contributed by atoms with Crippen molar-refractivity contribution in [3.8, 4) is 11.8 Å². The van der Waals surface area contributed by atoms with E-state index in [-0.39, 0.29) is 28.1 Å². The molecule has 0 spiro atoms. The Morgan fingerprint density at radius 2 is 1.79 bits per heavy atom. The zero-order chi connectivity index (χ0) is 20.7. The van der Waals surface area contributed by atoms with Gasteiger partial charge in [0.15, 0.2) is 5.82 Å². The minimum absolute atomic E-state index is 0.0178. The lowest BCUT2D eigenvalue weighted by Gasteiger charge is -2.16. The van der Waals surface area contributed by atoms with Gasteiger partial charge in [-0.2, -0.15) is 10.4 Å². The first-order valence-corrected chi connectivity index (χ1v) is 9.57. The van der Waals surface area contributed by atoms with Crippen LogP contribution >= 0.6 is 11.8 Å². The number of aromatic nitrogens is 2. The minimum atomic E-state index is -1.46. The van der Waals surface area contributed by atoms with Gasteiger partial charge in [0.25, 0.3) is 11.8 Å². The average molecular weight is 403 g/mol. The molecule has 1 aliphatic heterocycles. The Morgan fingerprint density at radius 1 is 1.10 bits per heavy atom. The van der Waals surface area contributed by atoms with Crippen molar-refractivity contribution in [2.75, 3.05) is 11.2 Å². The summed E-state index contributed by atoms with van der Waals surface area (Å²) >= 11 is 1.21. The lowest BCUT2D eigenvalue weighted by molar-refractivity contribution is -0.255. The Hall–Kier alpha value is -3.90. The van der Waals surface area contributed by atoms with Crippen molar-refractivity contribution in [2.24, 2.45) is 0 Å². The first kappa shape index (κ1) is 18.5. The van der Waals surface area contributed by atoms with Crippen LogP contribution in [-0.2, 0) is 0 Å². The van der Waals surface area contributed by atoms with E-state index in [0.29, 0.717) is 10.7 Å². The van der Waals surface area contributed by atoms with Gasteiger partial charge in [-0.3, -0.25) is 9.59 Å². The topological polar surface area (TPSA) is 119 Å². The van der Waals surface area contributed by atoms with Crippen molar-refractivity contribution < 1.29 is 19.5 Å². The summed E-state index contributed by atoms with van der Waals surface area (Å²) in [4.78, 5) is 38.1. The number of imide groups is 1. The van der Waals surface area contributed by atoms with Crippen LogP contribution in [0.15, 0.2) is 53.6 Å². The summed E-state index contributed by atoms with van der Waals surface area (Å²) in [6.45, 7) is 0. The van der Waals surface area contributed by atoms with E-state index >= 15 is 0 Å². The predicted octanol–water partition coefficient (Wildman–Crippen LogP) is 1.63. The minimum Gasteiger partial charge on any atom is -0.545 e. The summed E-state index contributed by atoms with van der Waals surface area (Å²) in [5, 5.41) is 25.6. The number of amides is 2. The smallest absolute Gasteiger partial charge is 0.267 e. The SMILES string of the molecule is CSc1nn(-c2ccccc2)c(N2C(=O)c3ccc(C(=O)[O-])cc3C2=O)c1C#N. The predicted molar refractivity (Wildman–Crippen MR) is 102 cm³/mol. The number of thioether (sulfide) groups is 1. The lowest BCUT2D eigenvalue weighted by atomic mass is 10.1. The highest BCUT2D eigenvalue weighted by atomic mass is 32.2. The quantitative estimate of drug-likeness (QED) is 0.480. The second-order valence-electron chi connectivity index (χ2n) is 6.06. The molecule has 2 heterocycles. The number of anilines is 1. The molecule has 0 atom stereocenters. The molecule has 3 aromatic rings. The van der Waals surface area contributed by atoms with Crippen LogP contribution in [0.3, 0.4) is 0 Å². The Morgan fingerprint density at radius 3 is 2.41 bits per heavy atom. The molecule has 2 amide bonds. The molecule has 1 aromatic heterocycles. The van der Waals surface area contributed by atoms with E-state index in [0.717, 1.165) is 11.0 Å². The van der Waals surface area contributed by atoms with Crippen LogP contribution in [0.4, 0.5) is 5.82 Å². The Kier molecular flexibility index (Phi) is 4.41. The van der Waals surface area contributed by atoms with E-state index in [1.54, 1.807) is 36.6 Å². The summed E-state index contributed by atoms with van der Waals surface area (Å²) in [5.41, 5.74) is 0.415. The van der Waals surface area contributed by atoms with Gasteiger partial charge in [-0.15, -0.1) is 11.8 Å². The third-order valence-corrected chi connectivity index (χ3v) is 5.14. The zero-order valence-corrected chi connectivity index (χ0v) is 15.8. The number of carbonyl (C=O) groups is 3. The number of nitriles is 1. The largest absolute Gasteiger partial charge is 0.545 e. The van der Waals surface area contributed by atoms with Gasteiger partial charge in [0.1, 0.15) is 16.7 Å². The van der Waals surface area contributed by atoms with Gasteiger partial charge >= 0.3 is 0 Å². The van der Waals surface area contributed by atoms with E-state index in [1.165, 1.54) is 28.6 Å². The number of carboxylic acids is 1. The van der Waals surface area contributed by atoms with Crippen LogP contribution in [0, 0.1) is 11.3 Å². The molecule has 0 aliphatic carbocycles. The number of hydrogen-bond acceptors (Lipinski definition) is 7. The van der Waals surface area contributed by atoms with Crippen molar-refractivity contribution >= 4 is 35.4 Å². The fourth-order valence-corrected chi connectivity index (χ4v) is 3.65. The fraction of sp³-hybridized carbons (Fsp3) is 0.0500. The van der Waals surface area contributed by atoms with Crippen LogP contribution in [0.1, 0.15) is 36.6 Å². The average Bonchev–Trinajstić information content (AvgIpc) is 3.22. The normalized spacial score (nSPS) is 12.8. The van der Waals surface area contributed by atoms with E-state index < -0.39 is 17.8 Å². The Bertz CT molecular complexity index is 1230. The highest BCUT2D eigenvalue weighted by Gasteiger charge is 2.41. The molecule has 0 saturated heterocycles. The van der Waals surface area contributed by atoms with Crippen molar-refractivity contribution in [1.82, 2.24) is 9.78 Å². The second kappa shape index (κ2) is 6.92. The number of nitrogens with zero attached hydrogens (tertiary/aromatic N) is 4. The van der Waals surface area contributed by atoms with Gasteiger partial charge in [0, 0.05) is 0 Å². The van der Waals surface area contributed by atoms with E-state index in [9.17, 15) is 24.8 Å². The maximum atomic E-state index is 13.1. The number of hydrogen-bond donors (Lipinski definition) is 0. The highest BCUT2D eigenvalue weighted by Crippen LogP contribution is 2.36. The summed E-state index contributed by atoms with van der Waals surface area (Å²) in [6.07, 6.45) is 1.73. The summed E-state index contributed by atoms with van der Waals surface area (Å²) in [7, 11) is 0. The standard InChI is InChI=1S/C20H12N4O4S/c1-29-16-15(10-21)17(24(22-16)12-5-3-2-4-6-12)23-18(25)13-8-7-11(20(27)28)9-14(13)19(23)26/h2-9H,1H3,(H,27,28)/p-1. The number of benzene rings is 2. The fourth-order valence-electron chi connectivity index (χ4n) is 3.15. The van der Waals surface area contributed by atoms with Gasteiger partial charge in [0.2, 0.25) is 0 Å². The molecule has 8 nitrogen and oxygen atoms in total.